The molecule has 0 saturated carbocycles. The van der Waals surface area contributed by atoms with Crippen LogP contribution in [0.5, 0.6) is 0 Å². The van der Waals surface area contributed by atoms with Crippen molar-refractivity contribution in [1.82, 2.24) is 4.98 Å². The molecule has 2 rings (SSSR count). The maximum absolute atomic E-state index is 10.8. The number of carbonyl (C=O) groups is 1. The molecule has 1 aromatic heterocycles. The van der Waals surface area contributed by atoms with Crippen LogP contribution in [-0.2, 0) is 11.2 Å². The van der Waals surface area contributed by atoms with Gasteiger partial charge in [0.1, 0.15) is 6.04 Å². The second-order valence-electron chi connectivity index (χ2n) is 3.73. The van der Waals surface area contributed by atoms with Crippen LogP contribution in [0, 0.1) is 0 Å². The Bertz CT molecular complexity index is 582. The Morgan fingerprint density at radius 3 is 2.94 bits per heavy atom. The van der Waals surface area contributed by atoms with Gasteiger partial charge in [0, 0.05) is 11.8 Å². The lowest BCUT2D eigenvalue weighted by Crippen LogP contribution is -2.32. The highest BCUT2D eigenvalue weighted by Crippen LogP contribution is 2.31. The number of aromatic nitrogens is 1. The molecule has 1 aromatic carbocycles. The van der Waals surface area contributed by atoms with Crippen molar-refractivity contribution in [3.63, 3.8) is 0 Å². The molecule has 2 aromatic rings. The largest absolute Gasteiger partial charge is 0.480 e. The zero-order valence-corrected chi connectivity index (χ0v) is 11.0. The van der Waals surface area contributed by atoms with E-state index < -0.39 is 12.0 Å². The van der Waals surface area contributed by atoms with Gasteiger partial charge in [-0.05, 0) is 27.6 Å². The number of aromatic amines is 1. The molecule has 0 aliphatic carbocycles. The van der Waals surface area contributed by atoms with Crippen molar-refractivity contribution in [3.8, 4) is 0 Å². The fraction of sp³-hybridized carbons (Fsp3) is 0.182. The summed E-state index contributed by atoms with van der Waals surface area (Å²) in [6, 6.07) is 4.55. The van der Waals surface area contributed by atoms with Crippen LogP contribution >= 0.6 is 27.5 Å². The third-order valence-electron chi connectivity index (χ3n) is 2.58. The summed E-state index contributed by atoms with van der Waals surface area (Å²) in [5.74, 6) is -1.02. The Morgan fingerprint density at radius 1 is 1.59 bits per heavy atom. The summed E-state index contributed by atoms with van der Waals surface area (Å²) in [5, 5.41) is 10.3. The SMILES string of the molecule is NC(Cc1c(Br)[nH]c2c(Cl)cccc12)C(=O)O. The predicted octanol–water partition coefficient (Wildman–Crippen LogP) is 2.54. The van der Waals surface area contributed by atoms with E-state index in [9.17, 15) is 4.79 Å². The molecule has 6 heteroatoms. The number of hydrogen-bond donors (Lipinski definition) is 3. The number of nitrogens with two attached hydrogens (primary N) is 1. The summed E-state index contributed by atoms with van der Waals surface area (Å²) in [7, 11) is 0. The molecule has 0 radical (unpaired) electrons. The summed E-state index contributed by atoms with van der Waals surface area (Å²) < 4.78 is 0.720. The van der Waals surface area contributed by atoms with Crippen LogP contribution in [0.25, 0.3) is 10.9 Å². The van der Waals surface area contributed by atoms with E-state index >= 15 is 0 Å². The Kier molecular flexibility index (Phi) is 3.42. The number of rotatable bonds is 3. The topological polar surface area (TPSA) is 79.1 Å². The fourth-order valence-corrected chi connectivity index (χ4v) is 2.51. The molecule has 0 amide bonds. The summed E-state index contributed by atoms with van der Waals surface area (Å²) in [5.41, 5.74) is 7.16. The first-order valence-electron chi connectivity index (χ1n) is 4.93. The van der Waals surface area contributed by atoms with E-state index in [0.29, 0.717) is 5.02 Å². The van der Waals surface area contributed by atoms with Crippen molar-refractivity contribution in [2.45, 2.75) is 12.5 Å². The van der Waals surface area contributed by atoms with Gasteiger partial charge < -0.3 is 15.8 Å². The molecular formula is C11H10BrClN2O2. The predicted molar refractivity (Wildman–Crippen MR) is 70.3 cm³/mol. The molecule has 1 atom stereocenters. The van der Waals surface area contributed by atoms with Gasteiger partial charge in [0.25, 0.3) is 0 Å². The summed E-state index contributed by atoms with van der Waals surface area (Å²) in [4.78, 5) is 13.8. The van der Waals surface area contributed by atoms with Crippen LogP contribution in [0.3, 0.4) is 0 Å². The summed E-state index contributed by atoms with van der Waals surface area (Å²) in [6.07, 6.45) is 0.246. The van der Waals surface area contributed by atoms with Crippen LogP contribution in [0.2, 0.25) is 5.02 Å². The lowest BCUT2D eigenvalue weighted by Gasteiger charge is -2.05. The first-order chi connectivity index (χ1) is 8.00. The highest BCUT2D eigenvalue weighted by atomic mass is 79.9. The van der Waals surface area contributed by atoms with Crippen LogP contribution in [0.15, 0.2) is 22.8 Å². The number of H-pyrrole nitrogens is 1. The third kappa shape index (κ3) is 2.31. The number of carboxylic acids is 1. The van der Waals surface area contributed by atoms with Gasteiger partial charge in [-0.2, -0.15) is 0 Å². The molecule has 1 heterocycles. The molecule has 0 fully saturated rings. The normalized spacial score (nSPS) is 12.9. The van der Waals surface area contributed by atoms with Gasteiger partial charge >= 0.3 is 5.97 Å². The monoisotopic (exact) mass is 316 g/mol. The number of nitrogens with one attached hydrogen (secondary N) is 1. The van der Waals surface area contributed by atoms with Gasteiger partial charge in [0.15, 0.2) is 0 Å². The van der Waals surface area contributed by atoms with Crippen molar-refractivity contribution >= 4 is 44.4 Å². The van der Waals surface area contributed by atoms with Gasteiger partial charge in [-0.25, -0.2) is 0 Å². The maximum Gasteiger partial charge on any atom is 0.320 e. The van der Waals surface area contributed by atoms with E-state index in [4.69, 9.17) is 22.4 Å². The van der Waals surface area contributed by atoms with Gasteiger partial charge in [0.2, 0.25) is 0 Å². The van der Waals surface area contributed by atoms with Gasteiger partial charge in [0.05, 0.1) is 15.1 Å². The first-order valence-corrected chi connectivity index (χ1v) is 6.10. The maximum atomic E-state index is 10.8. The molecule has 90 valence electrons. The number of carboxylic acid groups (broad SMARTS) is 1. The van der Waals surface area contributed by atoms with Crippen molar-refractivity contribution in [1.29, 1.82) is 0 Å². The van der Waals surface area contributed by atoms with Crippen molar-refractivity contribution < 1.29 is 9.90 Å². The highest BCUT2D eigenvalue weighted by molar-refractivity contribution is 9.10. The molecule has 17 heavy (non-hydrogen) atoms. The average molecular weight is 318 g/mol. The van der Waals surface area contributed by atoms with Crippen LogP contribution < -0.4 is 5.73 Å². The second kappa shape index (κ2) is 4.68. The van der Waals surface area contributed by atoms with E-state index in [1.54, 1.807) is 6.07 Å². The zero-order valence-electron chi connectivity index (χ0n) is 8.71. The number of aliphatic carboxylic acids is 1. The molecule has 0 aliphatic heterocycles. The number of hydrogen-bond acceptors (Lipinski definition) is 2. The van der Waals surface area contributed by atoms with Crippen LogP contribution in [0.1, 0.15) is 5.56 Å². The molecule has 0 spiro atoms. The van der Waals surface area contributed by atoms with Gasteiger partial charge in [-0.15, -0.1) is 0 Å². The average Bonchev–Trinajstić information content (AvgIpc) is 2.58. The van der Waals surface area contributed by atoms with E-state index in [1.165, 1.54) is 0 Å². The molecule has 4 nitrogen and oxygen atoms in total. The van der Waals surface area contributed by atoms with Gasteiger partial charge in [-0.3, -0.25) is 4.79 Å². The Labute approximate surface area is 111 Å². The number of halogens is 2. The molecule has 0 saturated heterocycles. The molecular weight excluding hydrogens is 307 g/mol. The number of benzene rings is 1. The van der Waals surface area contributed by atoms with Crippen LogP contribution in [0.4, 0.5) is 0 Å². The quantitative estimate of drug-likeness (QED) is 0.814. The van der Waals surface area contributed by atoms with E-state index in [-0.39, 0.29) is 6.42 Å². The summed E-state index contributed by atoms with van der Waals surface area (Å²) >= 11 is 9.40. The highest BCUT2D eigenvalue weighted by Gasteiger charge is 2.18. The smallest absolute Gasteiger partial charge is 0.320 e. The summed E-state index contributed by atoms with van der Waals surface area (Å²) in [6.45, 7) is 0. The number of fused-ring (bicyclic) bond motifs is 1. The minimum Gasteiger partial charge on any atom is -0.480 e. The Hall–Kier alpha value is -1.04. The number of para-hydroxylation sites is 1. The second-order valence-corrected chi connectivity index (χ2v) is 4.93. The molecule has 0 bridgehead atoms. The van der Waals surface area contributed by atoms with Crippen molar-refractivity contribution in [3.05, 3.63) is 33.4 Å². The zero-order chi connectivity index (χ0) is 12.6. The lowest BCUT2D eigenvalue weighted by atomic mass is 10.1. The fourth-order valence-electron chi connectivity index (χ4n) is 1.71. The standard InChI is InChI=1S/C11H10BrClN2O2/c12-10-6(4-8(14)11(16)17)5-2-1-3-7(13)9(5)15-10/h1-3,8,15H,4,14H2,(H,16,17). The third-order valence-corrected chi connectivity index (χ3v) is 3.57. The van der Waals surface area contributed by atoms with Crippen molar-refractivity contribution in [2.24, 2.45) is 5.73 Å². The van der Waals surface area contributed by atoms with E-state index in [0.717, 1.165) is 21.1 Å². The minimum absolute atomic E-state index is 0.246. The van der Waals surface area contributed by atoms with Crippen molar-refractivity contribution in [2.75, 3.05) is 0 Å². The molecule has 1 unspecified atom stereocenters. The molecule has 4 N–H and O–H groups in total. The van der Waals surface area contributed by atoms with Gasteiger partial charge in [-0.1, -0.05) is 23.7 Å². The Morgan fingerprint density at radius 2 is 2.29 bits per heavy atom. The molecule has 0 aliphatic rings. The van der Waals surface area contributed by atoms with Crippen LogP contribution in [-0.4, -0.2) is 22.1 Å². The van der Waals surface area contributed by atoms with E-state index in [1.807, 2.05) is 12.1 Å². The van der Waals surface area contributed by atoms with E-state index in [2.05, 4.69) is 20.9 Å². The minimum atomic E-state index is -1.02. The first kappa shape index (κ1) is 12.4. The Balaban J connectivity index is 2.50. The lowest BCUT2D eigenvalue weighted by molar-refractivity contribution is -0.138.